The highest BCUT2D eigenvalue weighted by Crippen LogP contribution is 2.28. The lowest BCUT2D eigenvalue weighted by molar-refractivity contribution is -0.173. The first-order valence-electron chi connectivity index (χ1n) is 4.84. The summed E-state index contributed by atoms with van der Waals surface area (Å²) in [6, 6.07) is 9.13. The Kier molecular flexibility index (Phi) is 4.15. The van der Waals surface area contributed by atoms with Crippen LogP contribution in [0.4, 0.5) is 13.2 Å². The zero-order valence-corrected chi connectivity index (χ0v) is 8.30. The Hall–Kier alpha value is -1.03. The Bertz CT molecular complexity index is 282. The van der Waals surface area contributed by atoms with Crippen LogP contribution in [0.5, 0.6) is 0 Å². The van der Waals surface area contributed by atoms with E-state index in [-0.39, 0.29) is 13.0 Å². The minimum absolute atomic E-state index is 0.0595. The van der Waals surface area contributed by atoms with E-state index in [1.807, 2.05) is 30.3 Å². The van der Waals surface area contributed by atoms with Gasteiger partial charge in [-0.2, -0.15) is 13.2 Å². The van der Waals surface area contributed by atoms with Gasteiger partial charge in [-0.3, -0.25) is 0 Å². The van der Waals surface area contributed by atoms with Gasteiger partial charge in [0.2, 0.25) is 0 Å². The van der Waals surface area contributed by atoms with Gasteiger partial charge in [-0.25, -0.2) is 0 Å². The molecule has 0 aliphatic rings. The predicted octanol–water partition coefficient (Wildman–Crippen LogP) is 2.76. The number of halogens is 3. The van der Waals surface area contributed by atoms with Crippen LogP contribution in [-0.2, 0) is 6.42 Å². The molecular weight excluding hydrogens is 203 g/mol. The fourth-order valence-corrected chi connectivity index (χ4v) is 1.40. The summed E-state index contributed by atoms with van der Waals surface area (Å²) < 4.78 is 37.0. The van der Waals surface area contributed by atoms with E-state index in [4.69, 9.17) is 5.73 Å². The lowest BCUT2D eigenvalue weighted by atomic mass is 9.99. The molecular formula is C11H14F3N. The second kappa shape index (κ2) is 5.16. The number of alkyl halides is 3. The Labute approximate surface area is 87.1 Å². The van der Waals surface area contributed by atoms with Gasteiger partial charge in [0.1, 0.15) is 0 Å². The molecule has 2 N–H and O–H groups in total. The van der Waals surface area contributed by atoms with Gasteiger partial charge in [-0.1, -0.05) is 30.3 Å². The molecule has 0 saturated carbocycles. The number of rotatable bonds is 4. The monoisotopic (exact) mass is 217 g/mol. The van der Waals surface area contributed by atoms with Gasteiger partial charge in [-0.15, -0.1) is 0 Å². The maximum atomic E-state index is 12.3. The summed E-state index contributed by atoms with van der Waals surface area (Å²) in [6.45, 7) is -0.337. The average molecular weight is 217 g/mol. The molecule has 1 aromatic carbocycles. The molecule has 0 amide bonds. The Balaban J connectivity index is 2.49. The highest BCUT2D eigenvalue weighted by molar-refractivity contribution is 5.14. The molecule has 84 valence electrons. The summed E-state index contributed by atoms with van der Waals surface area (Å²) in [5.74, 6) is -1.39. The van der Waals surface area contributed by atoms with E-state index < -0.39 is 12.1 Å². The summed E-state index contributed by atoms with van der Waals surface area (Å²) >= 11 is 0. The fourth-order valence-electron chi connectivity index (χ4n) is 1.40. The largest absolute Gasteiger partial charge is 0.393 e. The highest BCUT2D eigenvalue weighted by Gasteiger charge is 2.37. The highest BCUT2D eigenvalue weighted by atomic mass is 19.4. The van der Waals surface area contributed by atoms with Gasteiger partial charge in [-0.05, 0) is 18.4 Å². The number of benzene rings is 1. The van der Waals surface area contributed by atoms with E-state index in [0.717, 1.165) is 5.56 Å². The first-order chi connectivity index (χ1) is 7.04. The van der Waals surface area contributed by atoms with Crippen LogP contribution >= 0.6 is 0 Å². The lowest BCUT2D eigenvalue weighted by Gasteiger charge is -2.18. The first-order valence-corrected chi connectivity index (χ1v) is 4.84. The SMILES string of the molecule is NC[C@@H](CCc1ccccc1)C(F)(F)F. The van der Waals surface area contributed by atoms with Crippen molar-refractivity contribution in [2.75, 3.05) is 6.54 Å². The second-order valence-electron chi connectivity index (χ2n) is 3.50. The Morgan fingerprint density at radius 3 is 2.20 bits per heavy atom. The molecule has 0 aliphatic heterocycles. The molecule has 0 aliphatic carbocycles. The van der Waals surface area contributed by atoms with Crippen LogP contribution in [0.2, 0.25) is 0 Å². The van der Waals surface area contributed by atoms with Crippen molar-refractivity contribution in [1.82, 2.24) is 0 Å². The number of aryl methyl sites for hydroxylation is 1. The van der Waals surface area contributed by atoms with Crippen molar-refractivity contribution in [3.63, 3.8) is 0 Å². The molecule has 15 heavy (non-hydrogen) atoms. The molecule has 0 radical (unpaired) electrons. The molecule has 0 unspecified atom stereocenters. The summed E-state index contributed by atoms with van der Waals surface area (Å²) in [7, 11) is 0. The van der Waals surface area contributed by atoms with E-state index in [1.165, 1.54) is 0 Å². The van der Waals surface area contributed by atoms with Crippen LogP contribution in [0.25, 0.3) is 0 Å². The van der Waals surface area contributed by atoms with Crippen molar-refractivity contribution >= 4 is 0 Å². The van der Waals surface area contributed by atoms with E-state index in [0.29, 0.717) is 6.42 Å². The molecule has 0 heterocycles. The zero-order chi connectivity index (χ0) is 11.3. The Morgan fingerprint density at radius 2 is 1.73 bits per heavy atom. The van der Waals surface area contributed by atoms with Crippen molar-refractivity contribution in [2.45, 2.75) is 19.0 Å². The Morgan fingerprint density at radius 1 is 1.13 bits per heavy atom. The lowest BCUT2D eigenvalue weighted by Crippen LogP contribution is -2.30. The van der Waals surface area contributed by atoms with Gasteiger partial charge in [0.15, 0.2) is 0 Å². The normalized spacial score (nSPS) is 13.9. The van der Waals surface area contributed by atoms with Gasteiger partial charge in [0, 0.05) is 6.54 Å². The number of nitrogens with two attached hydrogens (primary N) is 1. The van der Waals surface area contributed by atoms with Crippen molar-refractivity contribution in [2.24, 2.45) is 11.7 Å². The number of hydrogen-bond donors (Lipinski definition) is 1. The van der Waals surface area contributed by atoms with Crippen LogP contribution < -0.4 is 5.73 Å². The smallest absolute Gasteiger partial charge is 0.330 e. The van der Waals surface area contributed by atoms with Gasteiger partial charge in [0.05, 0.1) is 5.92 Å². The van der Waals surface area contributed by atoms with E-state index in [2.05, 4.69) is 0 Å². The quantitative estimate of drug-likeness (QED) is 0.824. The molecule has 1 rings (SSSR count). The van der Waals surface area contributed by atoms with Crippen LogP contribution in [0.1, 0.15) is 12.0 Å². The van der Waals surface area contributed by atoms with Crippen molar-refractivity contribution in [3.8, 4) is 0 Å². The second-order valence-corrected chi connectivity index (χ2v) is 3.50. The van der Waals surface area contributed by atoms with Gasteiger partial charge < -0.3 is 5.73 Å². The minimum atomic E-state index is -4.18. The molecule has 0 bridgehead atoms. The van der Waals surface area contributed by atoms with E-state index >= 15 is 0 Å². The third kappa shape index (κ3) is 3.91. The summed E-state index contributed by atoms with van der Waals surface area (Å²) in [6.07, 6.45) is -3.70. The van der Waals surface area contributed by atoms with Gasteiger partial charge in [0.25, 0.3) is 0 Å². The van der Waals surface area contributed by atoms with Crippen LogP contribution in [0, 0.1) is 5.92 Å². The van der Waals surface area contributed by atoms with Gasteiger partial charge >= 0.3 is 6.18 Å². The van der Waals surface area contributed by atoms with Crippen molar-refractivity contribution in [1.29, 1.82) is 0 Å². The molecule has 0 spiro atoms. The predicted molar refractivity (Wildman–Crippen MR) is 53.4 cm³/mol. The molecule has 1 atom stereocenters. The van der Waals surface area contributed by atoms with Crippen molar-refractivity contribution < 1.29 is 13.2 Å². The maximum absolute atomic E-state index is 12.3. The first kappa shape index (κ1) is 12.0. The summed E-state index contributed by atoms with van der Waals surface area (Å²) in [5, 5.41) is 0. The van der Waals surface area contributed by atoms with E-state index in [9.17, 15) is 13.2 Å². The summed E-state index contributed by atoms with van der Waals surface area (Å²) in [5.41, 5.74) is 6.02. The topological polar surface area (TPSA) is 26.0 Å². The third-order valence-electron chi connectivity index (χ3n) is 2.37. The fraction of sp³-hybridized carbons (Fsp3) is 0.455. The van der Waals surface area contributed by atoms with E-state index in [1.54, 1.807) is 0 Å². The molecule has 0 fully saturated rings. The third-order valence-corrected chi connectivity index (χ3v) is 2.37. The molecule has 1 nitrogen and oxygen atoms in total. The standard InChI is InChI=1S/C11H14F3N/c12-11(13,14)10(8-15)7-6-9-4-2-1-3-5-9/h1-5,10H,6-8,15H2/t10-/m1/s1. The minimum Gasteiger partial charge on any atom is -0.330 e. The average Bonchev–Trinajstić information content (AvgIpc) is 2.18. The molecule has 4 heteroatoms. The maximum Gasteiger partial charge on any atom is 0.393 e. The molecule has 0 aromatic heterocycles. The van der Waals surface area contributed by atoms with Crippen LogP contribution in [-0.4, -0.2) is 12.7 Å². The number of hydrogen-bond acceptors (Lipinski definition) is 1. The molecule has 1 aromatic rings. The van der Waals surface area contributed by atoms with Crippen LogP contribution in [0.15, 0.2) is 30.3 Å². The van der Waals surface area contributed by atoms with Crippen LogP contribution in [0.3, 0.4) is 0 Å². The molecule has 0 saturated heterocycles. The summed E-state index contributed by atoms with van der Waals surface area (Å²) in [4.78, 5) is 0. The zero-order valence-electron chi connectivity index (χ0n) is 8.30. The van der Waals surface area contributed by atoms with Crippen molar-refractivity contribution in [3.05, 3.63) is 35.9 Å².